The van der Waals surface area contributed by atoms with Crippen molar-refractivity contribution < 1.29 is 9.53 Å². The number of nitrogens with zero attached hydrogens (tertiary/aromatic N) is 1. The summed E-state index contributed by atoms with van der Waals surface area (Å²) in [5.74, 6) is -0.0640. The molecule has 0 aliphatic rings. The third kappa shape index (κ3) is 4.16. The number of methoxy groups -OCH3 is 1. The molecule has 100 valence electrons. The number of hydrogen-bond donors (Lipinski definition) is 0. The Kier molecular flexibility index (Phi) is 5.93. The summed E-state index contributed by atoms with van der Waals surface area (Å²) in [5.41, 5.74) is 1.50. The maximum atomic E-state index is 12.2. The van der Waals surface area contributed by atoms with E-state index in [0.717, 1.165) is 5.56 Å². The number of halogens is 2. The molecule has 0 heterocycles. The number of carbonyl (C=O) groups excluding carboxylic acids is 1. The van der Waals surface area contributed by atoms with Gasteiger partial charge in [-0.25, -0.2) is 0 Å². The quantitative estimate of drug-likeness (QED) is 0.780. The number of benzene rings is 1. The molecule has 0 radical (unpaired) electrons. The highest BCUT2D eigenvalue weighted by Gasteiger charge is 2.17. The Bertz CT molecular complexity index is 423. The van der Waals surface area contributed by atoms with Crippen molar-refractivity contribution in [1.29, 1.82) is 0 Å². The Hall–Kier alpha value is -0.770. The fraction of sp³-hybridized carbons (Fsp3) is 0.462. The van der Waals surface area contributed by atoms with Crippen molar-refractivity contribution >= 4 is 29.1 Å². The molecule has 1 amide bonds. The first-order valence-electron chi connectivity index (χ1n) is 5.60. The van der Waals surface area contributed by atoms with Crippen molar-refractivity contribution in [2.45, 2.75) is 12.3 Å². The van der Waals surface area contributed by atoms with Crippen LogP contribution < -0.4 is 0 Å². The van der Waals surface area contributed by atoms with Gasteiger partial charge in [-0.2, -0.15) is 0 Å². The van der Waals surface area contributed by atoms with Crippen LogP contribution in [0.3, 0.4) is 0 Å². The molecule has 3 nitrogen and oxygen atoms in total. The van der Waals surface area contributed by atoms with E-state index in [9.17, 15) is 4.79 Å². The molecule has 0 bridgehead atoms. The summed E-state index contributed by atoms with van der Waals surface area (Å²) >= 11 is 11.9. The highest BCUT2D eigenvalue weighted by Crippen LogP contribution is 2.17. The van der Waals surface area contributed by atoms with Crippen LogP contribution in [0.1, 0.15) is 15.9 Å². The fourth-order valence-electron chi connectivity index (χ4n) is 1.69. The molecule has 0 aliphatic heterocycles. The molecule has 18 heavy (non-hydrogen) atoms. The first kappa shape index (κ1) is 15.3. The molecule has 0 N–H and O–H groups in total. The SMILES string of the molecule is COCC(Cl)CN(C)C(=O)c1ccc(Cl)cc1C. The van der Waals surface area contributed by atoms with Crippen LogP contribution in [0.4, 0.5) is 0 Å². The molecule has 5 heteroatoms. The number of alkyl halides is 1. The third-order valence-corrected chi connectivity index (χ3v) is 3.08. The minimum atomic E-state index is -0.212. The smallest absolute Gasteiger partial charge is 0.253 e. The van der Waals surface area contributed by atoms with Crippen LogP contribution in [0.2, 0.25) is 5.02 Å². The van der Waals surface area contributed by atoms with Crippen molar-refractivity contribution in [1.82, 2.24) is 4.90 Å². The van der Waals surface area contributed by atoms with Gasteiger partial charge in [-0.3, -0.25) is 4.79 Å². The molecule has 0 aliphatic carbocycles. The van der Waals surface area contributed by atoms with Gasteiger partial charge in [0, 0.05) is 31.3 Å². The molecular formula is C13H17Cl2NO2. The van der Waals surface area contributed by atoms with Gasteiger partial charge in [0.15, 0.2) is 0 Å². The maximum absolute atomic E-state index is 12.2. The Morgan fingerprint density at radius 2 is 2.17 bits per heavy atom. The van der Waals surface area contributed by atoms with E-state index in [4.69, 9.17) is 27.9 Å². The first-order valence-corrected chi connectivity index (χ1v) is 6.41. The second-order valence-electron chi connectivity index (χ2n) is 4.20. The summed E-state index contributed by atoms with van der Waals surface area (Å²) < 4.78 is 4.94. The monoisotopic (exact) mass is 289 g/mol. The molecule has 0 spiro atoms. The highest BCUT2D eigenvalue weighted by molar-refractivity contribution is 6.30. The average molecular weight is 290 g/mol. The van der Waals surface area contributed by atoms with Gasteiger partial charge in [0.1, 0.15) is 0 Å². The predicted octanol–water partition coefficient (Wildman–Crippen LogP) is 2.97. The van der Waals surface area contributed by atoms with Crippen LogP contribution in [0.25, 0.3) is 0 Å². The normalized spacial score (nSPS) is 12.3. The minimum Gasteiger partial charge on any atom is -0.383 e. The van der Waals surface area contributed by atoms with Gasteiger partial charge in [0.2, 0.25) is 0 Å². The number of ether oxygens (including phenoxy) is 1. The second kappa shape index (κ2) is 6.98. The molecular weight excluding hydrogens is 273 g/mol. The number of hydrogen-bond acceptors (Lipinski definition) is 2. The Morgan fingerprint density at radius 1 is 1.50 bits per heavy atom. The number of aryl methyl sites for hydroxylation is 1. The van der Waals surface area contributed by atoms with Crippen molar-refractivity contribution in [3.05, 3.63) is 34.3 Å². The van der Waals surface area contributed by atoms with Crippen LogP contribution in [0.15, 0.2) is 18.2 Å². The average Bonchev–Trinajstić information content (AvgIpc) is 2.28. The molecule has 0 saturated carbocycles. The first-order chi connectivity index (χ1) is 8.45. The summed E-state index contributed by atoms with van der Waals surface area (Å²) in [6.45, 7) is 2.72. The van der Waals surface area contributed by atoms with Gasteiger partial charge in [-0.1, -0.05) is 11.6 Å². The third-order valence-electron chi connectivity index (χ3n) is 2.59. The van der Waals surface area contributed by atoms with E-state index in [1.54, 1.807) is 37.3 Å². The highest BCUT2D eigenvalue weighted by atomic mass is 35.5. The summed E-state index contributed by atoms with van der Waals surface area (Å²) in [4.78, 5) is 13.8. The standard InChI is InChI=1S/C13H17Cl2NO2/c1-9-6-10(14)4-5-12(9)13(17)16(2)7-11(15)8-18-3/h4-6,11H,7-8H2,1-3H3. The van der Waals surface area contributed by atoms with Gasteiger partial charge in [0.05, 0.1) is 12.0 Å². The lowest BCUT2D eigenvalue weighted by atomic mass is 10.1. The lowest BCUT2D eigenvalue weighted by Gasteiger charge is -2.21. The van der Waals surface area contributed by atoms with Crippen LogP contribution in [0, 0.1) is 6.92 Å². The van der Waals surface area contributed by atoms with E-state index >= 15 is 0 Å². The van der Waals surface area contributed by atoms with Crippen molar-refractivity contribution in [2.24, 2.45) is 0 Å². The fourth-order valence-corrected chi connectivity index (χ4v) is 2.25. The van der Waals surface area contributed by atoms with E-state index in [-0.39, 0.29) is 11.3 Å². The Morgan fingerprint density at radius 3 is 2.72 bits per heavy atom. The van der Waals surface area contributed by atoms with E-state index in [1.165, 1.54) is 0 Å². The molecule has 0 saturated heterocycles. The summed E-state index contributed by atoms with van der Waals surface area (Å²) in [6, 6.07) is 5.22. The van der Waals surface area contributed by atoms with Crippen LogP contribution in [-0.2, 0) is 4.74 Å². The topological polar surface area (TPSA) is 29.5 Å². The Labute approximate surface area is 118 Å². The number of carbonyl (C=O) groups is 1. The van der Waals surface area contributed by atoms with Crippen molar-refractivity contribution in [3.63, 3.8) is 0 Å². The van der Waals surface area contributed by atoms with Crippen LogP contribution in [-0.4, -0.2) is 43.5 Å². The molecule has 1 atom stereocenters. The molecule has 0 fully saturated rings. The second-order valence-corrected chi connectivity index (χ2v) is 5.25. The largest absolute Gasteiger partial charge is 0.383 e. The number of amides is 1. The Balaban J connectivity index is 2.74. The van der Waals surface area contributed by atoms with Crippen LogP contribution >= 0.6 is 23.2 Å². The minimum absolute atomic E-state index is 0.0640. The van der Waals surface area contributed by atoms with E-state index in [1.807, 2.05) is 6.92 Å². The molecule has 1 rings (SSSR count). The number of rotatable bonds is 5. The zero-order valence-electron chi connectivity index (χ0n) is 10.7. The van der Waals surface area contributed by atoms with Gasteiger partial charge < -0.3 is 9.64 Å². The van der Waals surface area contributed by atoms with Crippen LogP contribution in [0.5, 0.6) is 0 Å². The van der Waals surface area contributed by atoms with E-state index < -0.39 is 0 Å². The lowest BCUT2D eigenvalue weighted by Crippen LogP contribution is -2.34. The van der Waals surface area contributed by atoms with Gasteiger partial charge >= 0.3 is 0 Å². The van der Waals surface area contributed by atoms with Gasteiger partial charge in [-0.15, -0.1) is 11.6 Å². The molecule has 0 aromatic heterocycles. The van der Waals surface area contributed by atoms with Gasteiger partial charge in [0.25, 0.3) is 5.91 Å². The zero-order chi connectivity index (χ0) is 13.7. The predicted molar refractivity (Wildman–Crippen MR) is 74.7 cm³/mol. The van der Waals surface area contributed by atoms with Gasteiger partial charge in [-0.05, 0) is 30.7 Å². The summed E-state index contributed by atoms with van der Waals surface area (Å²) in [6.07, 6.45) is 0. The maximum Gasteiger partial charge on any atom is 0.253 e. The summed E-state index contributed by atoms with van der Waals surface area (Å²) in [7, 11) is 3.31. The lowest BCUT2D eigenvalue weighted by molar-refractivity contribution is 0.0781. The van der Waals surface area contributed by atoms with E-state index in [0.29, 0.717) is 23.7 Å². The molecule has 1 aromatic rings. The molecule has 1 unspecified atom stereocenters. The van der Waals surface area contributed by atoms with Crippen molar-refractivity contribution in [3.8, 4) is 0 Å². The molecule has 1 aromatic carbocycles. The van der Waals surface area contributed by atoms with Crippen molar-refractivity contribution in [2.75, 3.05) is 27.3 Å². The van der Waals surface area contributed by atoms with E-state index in [2.05, 4.69) is 0 Å². The summed E-state index contributed by atoms with van der Waals surface area (Å²) in [5, 5.41) is 0.415. The zero-order valence-corrected chi connectivity index (χ0v) is 12.3.